The zero-order valence-corrected chi connectivity index (χ0v) is 23.5. The number of rotatable bonds is 13. The van der Waals surface area contributed by atoms with Crippen molar-refractivity contribution in [3.05, 3.63) is 69.9 Å². The third-order valence-electron chi connectivity index (χ3n) is 4.78. The van der Waals surface area contributed by atoms with E-state index in [1.807, 2.05) is 0 Å². The van der Waals surface area contributed by atoms with Crippen LogP contribution in [0.25, 0.3) is 0 Å². The van der Waals surface area contributed by atoms with Gasteiger partial charge in [-0.3, -0.25) is 19.1 Å². The van der Waals surface area contributed by atoms with E-state index in [1.165, 1.54) is 12.3 Å². The molecule has 0 radical (unpaired) electrons. The Balaban J connectivity index is 2.30. The fourth-order valence-electron chi connectivity index (χ4n) is 3.00. The Morgan fingerprint density at radius 1 is 1.21 bits per heavy atom. The highest BCUT2D eigenvalue weighted by Crippen LogP contribution is 2.45. The van der Waals surface area contributed by atoms with E-state index in [0.717, 1.165) is 4.57 Å². The van der Waals surface area contributed by atoms with Crippen molar-refractivity contribution in [2.24, 2.45) is 0 Å². The smallest absolute Gasteiger partial charge is 0.330 e. The van der Waals surface area contributed by atoms with Crippen LogP contribution in [0.3, 0.4) is 0 Å². The molecule has 2 rings (SSSR count). The van der Waals surface area contributed by atoms with E-state index < -0.39 is 48.3 Å². The van der Waals surface area contributed by atoms with E-state index in [-0.39, 0.29) is 12.7 Å². The van der Waals surface area contributed by atoms with Crippen molar-refractivity contribution in [2.75, 3.05) is 6.61 Å². The highest BCUT2D eigenvalue weighted by molar-refractivity contribution is 8.09. The lowest BCUT2D eigenvalue weighted by atomic mass is 10.2. The molecule has 0 aliphatic rings. The van der Waals surface area contributed by atoms with Crippen LogP contribution in [0.2, 0.25) is 0 Å². The van der Waals surface area contributed by atoms with Gasteiger partial charge in [0.1, 0.15) is 30.0 Å². The zero-order chi connectivity index (χ0) is 28.3. The van der Waals surface area contributed by atoms with Gasteiger partial charge in [0.25, 0.3) is 5.56 Å². The molecule has 0 amide bonds. The van der Waals surface area contributed by atoms with Crippen LogP contribution in [-0.2, 0) is 30.6 Å². The first kappa shape index (κ1) is 31.3. The Bertz CT molecular complexity index is 1270. The number of carbonyl (C=O) groups excluding carboxylic acids is 1. The summed E-state index contributed by atoms with van der Waals surface area (Å²) in [6.45, 7) is 4.53. The summed E-state index contributed by atoms with van der Waals surface area (Å²) in [6, 6.07) is 8.97. The van der Waals surface area contributed by atoms with Crippen molar-refractivity contribution >= 4 is 24.4 Å². The lowest BCUT2D eigenvalue weighted by molar-refractivity contribution is -0.149. The van der Waals surface area contributed by atoms with Gasteiger partial charge in [0.2, 0.25) is 6.10 Å². The molecule has 13 heteroatoms. The number of nitrogens with zero attached hydrogens (tertiary/aromatic N) is 1. The van der Waals surface area contributed by atoms with Crippen LogP contribution >= 0.6 is 6.64 Å². The number of aromatic amines is 1. The van der Waals surface area contributed by atoms with Crippen molar-refractivity contribution in [2.45, 2.75) is 65.2 Å². The number of aliphatic hydroxyl groups is 1. The second kappa shape index (κ2) is 14.9. The number of esters is 1. The molecule has 206 valence electrons. The van der Waals surface area contributed by atoms with Crippen molar-refractivity contribution in [3.8, 4) is 17.6 Å². The van der Waals surface area contributed by atoms with E-state index in [4.69, 9.17) is 30.3 Å². The molecule has 0 saturated heterocycles. The number of nitrogens with one attached hydrogen (secondary N) is 2. The van der Waals surface area contributed by atoms with Crippen LogP contribution in [0.4, 0.5) is 0 Å². The van der Waals surface area contributed by atoms with Crippen LogP contribution in [0.15, 0.2) is 52.2 Å². The fraction of sp³-hybridized carbons (Fsp3) is 0.440. The maximum atomic E-state index is 12.4. The standard InChI is InChI=1S/C25H32N3O8PS/c1-6-7-13-21(29)22(35-19(5)28-15-14-23(30)26-25(28)32)16-33-37(38,36-20-11-9-8-10-12-20)27-18(4)24(31)34-17(2)3/h6,8-12,14-15,17-19,21-22,29H,16H2,1-5H3,(H-,26,27,30,32,38)/p+1. The summed E-state index contributed by atoms with van der Waals surface area (Å²) in [5, 5.41) is 13.6. The fourth-order valence-corrected chi connectivity index (χ4v) is 5.42. The van der Waals surface area contributed by atoms with Gasteiger partial charge in [-0.25, -0.2) is 9.88 Å². The van der Waals surface area contributed by atoms with Gasteiger partial charge in [-0.05, 0) is 51.6 Å². The van der Waals surface area contributed by atoms with E-state index in [0.29, 0.717) is 5.75 Å². The minimum atomic E-state index is -3.43. The van der Waals surface area contributed by atoms with Crippen LogP contribution in [0, 0.1) is 18.3 Å². The Kier molecular flexibility index (Phi) is 12.3. The number of ether oxygens (including phenoxy) is 2. The third kappa shape index (κ3) is 10.1. The van der Waals surface area contributed by atoms with Crippen LogP contribution in [0.1, 0.15) is 40.8 Å². The molecule has 38 heavy (non-hydrogen) atoms. The molecular formula is C25H33N3O8PS+. The summed E-state index contributed by atoms with van der Waals surface area (Å²) in [5.41, 5.74) is -1.25. The van der Waals surface area contributed by atoms with E-state index in [9.17, 15) is 19.5 Å². The predicted molar refractivity (Wildman–Crippen MR) is 146 cm³/mol. The Morgan fingerprint density at radius 3 is 2.50 bits per heavy atom. The number of aromatic nitrogens is 2. The summed E-state index contributed by atoms with van der Waals surface area (Å²) in [7, 11) is 0. The lowest BCUT2D eigenvalue weighted by Crippen LogP contribution is -2.40. The SMILES string of the molecule is C[CH+]C#CC(O)C(COP(=S)(NC(C)C(=O)OC(C)C)Oc1ccccc1)OC(C)n1ccc(=O)[nH]c1=O. The highest BCUT2D eigenvalue weighted by atomic mass is 32.5. The molecule has 11 nitrogen and oxygen atoms in total. The van der Waals surface area contributed by atoms with E-state index in [1.54, 1.807) is 71.4 Å². The minimum Gasteiger partial charge on any atom is -0.462 e. The number of para-hydroxylation sites is 1. The zero-order valence-electron chi connectivity index (χ0n) is 21.8. The number of H-pyrrole nitrogens is 1. The second-order valence-electron chi connectivity index (χ2n) is 8.35. The molecule has 3 N–H and O–H groups in total. The summed E-state index contributed by atoms with van der Waals surface area (Å²) in [5.74, 6) is 5.14. The number of hydrogen-bond donors (Lipinski definition) is 3. The van der Waals surface area contributed by atoms with Gasteiger partial charge in [0, 0.05) is 19.2 Å². The summed E-state index contributed by atoms with van der Waals surface area (Å²) in [4.78, 5) is 38.2. The first-order chi connectivity index (χ1) is 17.9. The molecule has 0 bridgehead atoms. The van der Waals surface area contributed by atoms with Gasteiger partial charge in [-0.15, -0.1) is 0 Å². The molecule has 5 unspecified atom stereocenters. The summed E-state index contributed by atoms with van der Waals surface area (Å²) < 4.78 is 24.3. The van der Waals surface area contributed by atoms with Gasteiger partial charge >= 0.3 is 18.3 Å². The van der Waals surface area contributed by atoms with Crippen molar-refractivity contribution in [1.82, 2.24) is 14.6 Å². The third-order valence-corrected chi connectivity index (χ3v) is 7.28. The molecule has 1 heterocycles. The number of carbonyl (C=O) groups is 1. The van der Waals surface area contributed by atoms with Gasteiger partial charge < -0.3 is 23.6 Å². The summed E-state index contributed by atoms with van der Waals surface area (Å²) >= 11 is 5.70. The maximum Gasteiger partial charge on any atom is 0.330 e. The molecule has 2 aromatic rings. The topological polar surface area (TPSA) is 141 Å². The largest absolute Gasteiger partial charge is 0.462 e. The predicted octanol–water partition coefficient (Wildman–Crippen LogP) is 2.28. The molecule has 1 aromatic carbocycles. The summed E-state index contributed by atoms with van der Waals surface area (Å²) in [6.07, 6.45) is -0.873. The van der Waals surface area contributed by atoms with Crippen LogP contribution < -0.4 is 20.9 Å². The van der Waals surface area contributed by atoms with Gasteiger partial charge in [-0.1, -0.05) is 18.2 Å². The second-order valence-corrected chi connectivity index (χ2v) is 11.5. The molecular weight excluding hydrogens is 533 g/mol. The first-order valence-corrected chi connectivity index (χ1v) is 14.5. The minimum absolute atomic E-state index is 0.314. The molecule has 0 saturated carbocycles. The molecule has 0 aliphatic carbocycles. The Morgan fingerprint density at radius 2 is 1.89 bits per heavy atom. The van der Waals surface area contributed by atoms with Gasteiger partial charge in [-0.2, -0.15) is 0 Å². The lowest BCUT2D eigenvalue weighted by Gasteiger charge is -2.29. The average molecular weight is 567 g/mol. The monoisotopic (exact) mass is 566 g/mol. The van der Waals surface area contributed by atoms with Crippen molar-refractivity contribution in [3.63, 3.8) is 0 Å². The number of aliphatic hydroxyl groups excluding tert-OH is 1. The quantitative estimate of drug-likeness (QED) is 0.143. The number of hydrogen-bond acceptors (Lipinski definition) is 9. The molecule has 1 aromatic heterocycles. The van der Waals surface area contributed by atoms with Crippen LogP contribution in [-0.4, -0.2) is 51.6 Å². The normalized spacial score (nSPS) is 15.8. The average Bonchev–Trinajstić information content (AvgIpc) is 2.85. The molecule has 5 atom stereocenters. The molecule has 0 spiro atoms. The van der Waals surface area contributed by atoms with Crippen molar-refractivity contribution in [1.29, 1.82) is 0 Å². The van der Waals surface area contributed by atoms with E-state index in [2.05, 4.69) is 21.9 Å². The number of benzene rings is 1. The van der Waals surface area contributed by atoms with Crippen molar-refractivity contribution < 1.29 is 28.4 Å². The highest BCUT2D eigenvalue weighted by Gasteiger charge is 2.33. The van der Waals surface area contributed by atoms with Crippen LogP contribution in [0.5, 0.6) is 5.75 Å². The Hall–Kier alpha value is -2.91. The van der Waals surface area contributed by atoms with Gasteiger partial charge in [0.05, 0.1) is 19.1 Å². The Labute approximate surface area is 226 Å². The molecule has 0 fully saturated rings. The first-order valence-electron chi connectivity index (χ1n) is 11.9. The maximum absolute atomic E-state index is 12.4. The van der Waals surface area contributed by atoms with Gasteiger partial charge in [0.15, 0.2) is 5.92 Å². The molecule has 0 aliphatic heterocycles. The van der Waals surface area contributed by atoms with E-state index >= 15 is 0 Å².